The van der Waals surface area contributed by atoms with Crippen molar-refractivity contribution in [3.8, 4) is 0 Å². The van der Waals surface area contributed by atoms with Gasteiger partial charge in [0.15, 0.2) is 0 Å². The normalized spacial score (nSPS) is 11.9. The van der Waals surface area contributed by atoms with E-state index >= 15 is 0 Å². The van der Waals surface area contributed by atoms with Crippen LogP contribution in [0.1, 0.15) is 19.3 Å². The molecule has 0 aliphatic heterocycles. The first-order valence-electron chi connectivity index (χ1n) is 5.13. The lowest BCUT2D eigenvalue weighted by Gasteiger charge is -2.14. The molecule has 5 nitrogen and oxygen atoms in total. The van der Waals surface area contributed by atoms with Crippen LogP contribution < -0.4 is 10.6 Å². The fraction of sp³-hybridized carbons (Fsp3) is 0.800. The third-order valence-electron chi connectivity index (χ3n) is 2.27. The Balaban J connectivity index is 3.82. The van der Waals surface area contributed by atoms with E-state index in [0.717, 1.165) is 19.4 Å². The van der Waals surface area contributed by atoms with Gasteiger partial charge in [0.2, 0.25) is 6.41 Å². The Kier molecular flexibility index (Phi) is 8.76. The Morgan fingerprint density at radius 3 is 2.60 bits per heavy atom. The highest BCUT2D eigenvalue weighted by atomic mass is 16.5. The van der Waals surface area contributed by atoms with E-state index in [2.05, 4.69) is 15.4 Å². The number of esters is 1. The Bertz CT molecular complexity index is 186. The lowest BCUT2D eigenvalue weighted by molar-refractivity contribution is -0.141. The number of carbonyl (C=O) groups excluding carboxylic acids is 2. The van der Waals surface area contributed by atoms with Crippen molar-refractivity contribution in [3.63, 3.8) is 0 Å². The van der Waals surface area contributed by atoms with Gasteiger partial charge in [-0.2, -0.15) is 0 Å². The van der Waals surface area contributed by atoms with E-state index in [1.54, 1.807) is 0 Å². The van der Waals surface area contributed by atoms with Crippen LogP contribution in [0.4, 0.5) is 0 Å². The van der Waals surface area contributed by atoms with Gasteiger partial charge in [-0.05, 0) is 32.4 Å². The van der Waals surface area contributed by atoms with Gasteiger partial charge in [0.1, 0.15) is 0 Å². The van der Waals surface area contributed by atoms with E-state index in [1.807, 2.05) is 7.05 Å². The standard InChI is InChI=1S/C10H20N2O3/c1-11-5-3-9(4-6-12-8-13)7-10(14)15-2/h8-9,11H,3-7H2,1-2H3,(H,12,13). The van der Waals surface area contributed by atoms with Gasteiger partial charge in [0.05, 0.1) is 7.11 Å². The van der Waals surface area contributed by atoms with E-state index in [-0.39, 0.29) is 11.9 Å². The summed E-state index contributed by atoms with van der Waals surface area (Å²) in [5, 5.41) is 5.63. The van der Waals surface area contributed by atoms with Gasteiger partial charge in [-0.1, -0.05) is 0 Å². The second-order valence-electron chi connectivity index (χ2n) is 3.40. The topological polar surface area (TPSA) is 67.4 Å². The molecule has 0 heterocycles. The number of ether oxygens (including phenoxy) is 1. The molecule has 0 saturated carbocycles. The van der Waals surface area contributed by atoms with E-state index in [0.29, 0.717) is 19.4 Å². The van der Waals surface area contributed by atoms with Crippen molar-refractivity contribution in [2.24, 2.45) is 5.92 Å². The number of amides is 1. The second-order valence-corrected chi connectivity index (χ2v) is 3.40. The molecule has 0 bridgehead atoms. The van der Waals surface area contributed by atoms with Crippen LogP contribution in [0.15, 0.2) is 0 Å². The zero-order chi connectivity index (χ0) is 11.5. The maximum Gasteiger partial charge on any atom is 0.305 e. The fourth-order valence-corrected chi connectivity index (χ4v) is 1.36. The molecule has 0 rings (SSSR count). The molecule has 15 heavy (non-hydrogen) atoms. The molecule has 0 aliphatic rings. The van der Waals surface area contributed by atoms with Gasteiger partial charge >= 0.3 is 5.97 Å². The smallest absolute Gasteiger partial charge is 0.305 e. The van der Waals surface area contributed by atoms with Crippen LogP contribution in [0.25, 0.3) is 0 Å². The summed E-state index contributed by atoms with van der Waals surface area (Å²) in [5.74, 6) is 0.0690. The number of carbonyl (C=O) groups is 2. The van der Waals surface area contributed by atoms with Gasteiger partial charge in [-0.3, -0.25) is 9.59 Å². The third-order valence-corrected chi connectivity index (χ3v) is 2.27. The molecule has 88 valence electrons. The van der Waals surface area contributed by atoms with Crippen molar-refractivity contribution < 1.29 is 14.3 Å². The predicted octanol–water partition coefficient (Wildman–Crippen LogP) is -0.0887. The number of nitrogens with one attached hydrogen (secondary N) is 2. The summed E-state index contributed by atoms with van der Waals surface area (Å²) in [6, 6.07) is 0. The minimum absolute atomic E-state index is 0.192. The predicted molar refractivity (Wildman–Crippen MR) is 57.4 cm³/mol. The molecule has 5 heteroatoms. The van der Waals surface area contributed by atoms with Crippen molar-refractivity contribution in [1.29, 1.82) is 0 Å². The van der Waals surface area contributed by atoms with Crippen molar-refractivity contribution in [1.82, 2.24) is 10.6 Å². The Morgan fingerprint density at radius 2 is 2.07 bits per heavy atom. The first-order valence-corrected chi connectivity index (χ1v) is 5.13. The van der Waals surface area contributed by atoms with Gasteiger partial charge in [-0.25, -0.2) is 0 Å². The number of hydrogen-bond acceptors (Lipinski definition) is 4. The molecule has 0 aliphatic carbocycles. The number of hydrogen-bond donors (Lipinski definition) is 2. The summed E-state index contributed by atoms with van der Waals surface area (Å²) < 4.78 is 4.62. The van der Waals surface area contributed by atoms with E-state index in [1.165, 1.54) is 7.11 Å². The van der Waals surface area contributed by atoms with Crippen molar-refractivity contribution >= 4 is 12.4 Å². The van der Waals surface area contributed by atoms with Crippen LogP contribution in [0.5, 0.6) is 0 Å². The van der Waals surface area contributed by atoms with Crippen molar-refractivity contribution in [3.05, 3.63) is 0 Å². The molecule has 0 saturated heterocycles. The van der Waals surface area contributed by atoms with Crippen LogP contribution >= 0.6 is 0 Å². The van der Waals surface area contributed by atoms with Crippen LogP contribution in [0, 0.1) is 5.92 Å². The van der Waals surface area contributed by atoms with Crippen molar-refractivity contribution in [2.75, 3.05) is 27.2 Å². The average Bonchev–Trinajstić information content (AvgIpc) is 2.25. The lowest BCUT2D eigenvalue weighted by atomic mass is 9.97. The lowest BCUT2D eigenvalue weighted by Crippen LogP contribution is -2.21. The molecule has 0 spiro atoms. The zero-order valence-electron chi connectivity index (χ0n) is 9.41. The SMILES string of the molecule is CNCCC(CCNC=O)CC(=O)OC. The van der Waals surface area contributed by atoms with Crippen molar-refractivity contribution in [2.45, 2.75) is 19.3 Å². The molecular formula is C10H20N2O3. The molecule has 1 amide bonds. The Labute approximate surface area is 90.6 Å². The fourth-order valence-electron chi connectivity index (χ4n) is 1.36. The van der Waals surface area contributed by atoms with E-state index in [9.17, 15) is 9.59 Å². The first-order chi connectivity index (χ1) is 7.24. The largest absolute Gasteiger partial charge is 0.469 e. The highest BCUT2D eigenvalue weighted by Crippen LogP contribution is 2.12. The minimum atomic E-state index is -0.192. The molecule has 0 radical (unpaired) electrons. The maximum atomic E-state index is 11.1. The molecular weight excluding hydrogens is 196 g/mol. The monoisotopic (exact) mass is 216 g/mol. The summed E-state index contributed by atoms with van der Waals surface area (Å²) in [5.41, 5.74) is 0. The summed E-state index contributed by atoms with van der Waals surface area (Å²) in [6.07, 6.45) is 2.80. The van der Waals surface area contributed by atoms with Crippen LogP contribution in [0.3, 0.4) is 0 Å². The Morgan fingerprint density at radius 1 is 1.40 bits per heavy atom. The molecule has 2 N–H and O–H groups in total. The highest BCUT2D eigenvalue weighted by Gasteiger charge is 2.13. The number of rotatable bonds is 9. The van der Waals surface area contributed by atoms with Crippen LogP contribution in [0.2, 0.25) is 0 Å². The van der Waals surface area contributed by atoms with Gasteiger partial charge < -0.3 is 15.4 Å². The maximum absolute atomic E-state index is 11.1. The molecule has 0 fully saturated rings. The molecule has 0 aromatic heterocycles. The zero-order valence-corrected chi connectivity index (χ0v) is 9.41. The van der Waals surface area contributed by atoms with Crippen LogP contribution in [-0.4, -0.2) is 39.6 Å². The quantitative estimate of drug-likeness (QED) is 0.321. The molecule has 1 unspecified atom stereocenters. The van der Waals surface area contributed by atoms with E-state index in [4.69, 9.17) is 0 Å². The summed E-state index contributed by atoms with van der Waals surface area (Å²) in [4.78, 5) is 21.1. The van der Waals surface area contributed by atoms with Gasteiger partial charge in [0, 0.05) is 13.0 Å². The molecule has 1 atom stereocenters. The highest BCUT2D eigenvalue weighted by molar-refractivity contribution is 5.69. The van der Waals surface area contributed by atoms with Gasteiger partial charge in [-0.15, -0.1) is 0 Å². The summed E-state index contributed by atoms with van der Waals surface area (Å²) in [7, 11) is 3.26. The molecule has 0 aromatic carbocycles. The van der Waals surface area contributed by atoms with Gasteiger partial charge in [0.25, 0.3) is 0 Å². The Hall–Kier alpha value is -1.10. The average molecular weight is 216 g/mol. The molecule has 0 aromatic rings. The van der Waals surface area contributed by atoms with E-state index < -0.39 is 0 Å². The van der Waals surface area contributed by atoms with Crippen LogP contribution in [-0.2, 0) is 14.3 Å². The summed E-state index contributed by atoms with van der Waals surface area (Å²) >= 11 is 0. The second kappa shape index (κ2) is 9.45. The number of methoxy groups -OCH3 is 1. The first kappa shape index (κ1) is 13.9. The third kappa shape index (κ3) is 7.93. The summed E-state index contributed by atoms with van der Waals surface area (Å²) in [6.45, 7) is 1.47. The minimum Gasteiger partial charge on any atom is -0.469 e.